The highest BCUT2D eigenvalue weighted by atomic mass is 16.6. The number of hydrogen-bond acceptors (Lipinski definition) is 5. The molecule has 2 aromatic rings. The molecule has 0 aliphatic carbocycles. The van der Waals surface area contributed by atoms with Crippen molar-refractivity contribution in [2.24, 2.45) is 7.05 Å². The average Bonchev–Trinajstić information content (AvgIpc) is 2.93. The van der Waals surface area contributed by atoms with E-state index in [2.05, 4.69) is 5.32 Å². The van der Waals surface area contributed by atoms with Gasteiger partial charge in [0.25, 0.3) is 11.6 Å². The molecule has 0 radical (unpaired) electrons. The molecule has 8 nitrogen and oxygen atoms in total. The van der Waals surface area contributed by atoms with E-state index in [0.717, 1.165) is 0 Å². The maximum Gasteiger partial charge on any atom is 0.355 e. The molecule has 2 rings (SSSR count). The van der Waals surface area contributed by atoms with Gasteiger partial charge in [-0.3, -0.25) is 14.9 Å². The van der Waals surface area contributed by atoms with Crippen LogP contribution in [-0.4, -0.2) is 28.0 Å². The van der Waals surface area contributed by atoms with Crippen LogP contribution in [0, 0.1) is 17.0 Å². The molecule has 1 aromatic heterocycles. The summed E-state index contributed by atoms with van der Waals surface area (Å²) in [6.07, 6.45) is 1.69. The van der Waals surface area contributed by atoms with Crippen LogP contribution in [0.15, 0.2) is 36.5 Å². The quantitative estimate of drug-likeness (QED) is 0.516. The second-order valence-corrected chi connectivity index (χ2v) is 4.88. The number of aryl methyl sites for hydroxylation is 2. The van der Waals surface area contributed by atoms with Gasteiger partial charge in [-0.1, -0.05) is 0 Å². The van der Waals surface area contributed by atoms with E-state index in [-0.39, 0.29) is 5.69 Å². The van der Waals surface area contributed by atoms with E-state index in [9.17, 15) is 19.7 Å². The van der Waals surface area contributed by atoms with Gasteiger partial charge in [0, 0.05) is 31.1 Å². The number of non-ortho nitro benzene ring substituents is 1. The Morgan fingerprint density at radius 1 is 1.35 bits per heavy atom. The number of amides is 1. The highest BCUT2D eigenvalue weighted by molar-refractivity contribution is 5.95. The van der Waals surface area contributed by atoms with Gasteiger partial charge in [0.05, 0.1) is 4.92 Å². The van der Waals surface area contributed by atoms with Crippen molar-refractivity contribution >= 4 is 23.3 Å². The fourth-order valence-electron chi connectivity index (χ4n) is 1.97. The molecule has 1 heterocycles. The number of nitro groups is 1. The number of ether oxygens (including phenoxy) is 1. The SMILES string of the molecule is Cc1cc([N+](=O)[O-])ccc1NC(=O)COC(=O)c1cccn1C. The first-order valence-corrected chi connectivity index (χ1v) is 6.72. The molecule has 0 aliphatic rings. The van der Waals surface area contributed by atoms with Crippen molar-refractivity contribution in [1.29, 1.82) is 0 Å². The van der Waals surface area contributed by atoms with Crippen molar-refractivity contribution in [1.82, 2.24) is 4.57 Å². The Balaban J connectivity index is 1.94. The summed E-state index contributed by atoms with van der Waals surface area (Å²) < 4.78 is 6.51. The van der Waals surface area contributed by atoms with Gasteiger partial charge >= 0.3 is 5.97 Å². The molecular formula is C15H15N3O5. The number of nitrogens with zero attached hydrogens (tertiary/aromatic N) is 2. The Hall–Kier alpha value is -3.16. The number of carbonyl (C=O) groups is 2. The summed E-state index contributed by atoms with van der Waals surface area (Å²) in [4.78, 5) is 33.7. The molecule has 1 aromatic carbocycles. The van der Waals surface area contributed by atoms with Crippen molar-refractivity contribution in [2.75, 3.05) is 11.9 Å². The van der Waals surface area contributed by atoms with E-state index < -0.39 is 23.4 Å². The number of esters is 1. The summed E-state index contributed by atoms with van der Waals surface area (Å²) in [6.45, 7) is 1.19. The highest BCUT2D eigenvalue weighted by Gasteiger charge is 2.14. The first-order chi connectivity index (χ1) is 10.9. The molecule has 1 N–H and O–H groups in total. The second-order valence-electron chi connectivity index (χ2n) is 4.88. The number of nitro benzene ring substituents is 1. The molecule has 0 fully saturated rings. The number of hydrogen-bond donors (Lipinski definition) is 1. The zero-order valence-corrected chi connectivity index (χ0v) is 12.6. The second kappa shape index (κ2) is 6.73. The average molecular weight is 317 g/mol. The van der Waals surface area contributed by atoms with Gasteiger partial charge < -0.3 is 14.6 Å². The largest absolute Gasteiger partial charge is 0.451 e. The van der Waals surface area contributed by atoms with Crippen LogP contribution in [0.3, 0.4) is 0 Å². The Morgan fingerprint density at radius 2 is 2.09 bits per heavy atom. The minimum absolute atomic E-state index is 0.0596. The molecule has 0 aliphatic heterocycles. The van der Waals surface area contributed by atoms with E-state index >= 15 is 0 Å². The van der Waals surface area contributed by atoms with Crippen molar-refractivity contribution in [3.8, 4) is 0 Å². The lowest BCUT2D eigenvalue weighted by Crippen LogP contribution is -2.22. The molecular weight excluding hydrogens is 302 g/mol. The van der Waals surface area contributed by atoms with E-state index in [0.29, 0.717) is 16.9 Å². The number of aromatic nitrogens is 1. The van der Waals surface area contributed by atoms with Crippen LogP contribution >= 0.6 is 0 Å². The smallest absolute Gasteiger partial charge is 0.355 e. The standard InChI is InChI=1S/C15H15N3O5/c1-10-8-11(18(21)22)5-6-12(10)16-14(19)9-23-15(20)13-4-3-7-17(13)2/h3-8H,9H2,1-2H3,(H,16,19). The maximum atomic E-state index is 11.8. The number of nitrogens with one attached hydrogen (secondary N) is 1. The lowest BCUT2D eigenvalue weighted by Gasteiger charge is -2.09. The molecule has 0 saturated heterocycles. The topological polar surface area (TPSA) is 103 Å². The summed E-state index contributed by atoms with van der Waals surface area (Å²) in [6, 6.07) is 7.35. The van der Waals surface area contributed by atoms with Gasteiger partial charge in [0.2, 0.25) is 0 Å². The molecule has 0 bridgehead atoms. The Bertz CT molecular complexity index is 766. The fourth-order valence-corrected chi connectivity index (χ4v) is 1.97. The number of anilines is 1. The summed E-state index contributed by atoms with van der Waals surface area (Å²) in [7, 11) is 1.69. The third-order valence-corrected chi connectivity index (χ3v) is 3.18. The summed E-state index contributed by atoms with van der Waals surface area (Å²) >= 11 is 0. The molecule has 0 unspecified atom stereocenters. The van der Waals surface area contributed by atoms with Crippen molar-refractivity contribution in [3.05, 3.63) is 57.9 Å². The predicted octanol–water partition coefficient (Wildman–Crippen LogP) is 2.04. The van der Waals surface area contributed by atoms with Crippen molar-refractivity contribution < 1.29 is 19.2 Å². The Kier molecular flexibility index (Phi) is 4.75. The minimum Gasteiger partial charge on any atom is -0.451 e. The number of rotatable bonds is 5. The molecule has 0 atom stereocenters. The predicted molar refractivity (Wildman–Crippen MR) is 82.2 cm³/mol. The van der Waals surface area contributed by atoms with Gasteiger partial charge in [-0.15, -0.1) is 0 Å². The monoisotopic (exact) mass is 317 g/mol. The van der Waals surface area contributed by atoms with E-state index in [1.54, 1.807) is 36.9 Å². The van der Waals surface area contributed by atoms with Crippen LogP contribution < -0.4 is 5.32 Å². The lowest BCUT2D eigenvalue weighted by atomic mass is 10.2. The summed E-state index contributed by atoms with van der Waals surface area (Å²) in [5, 5.41) is 13.2. The Labute approximate surface area is 131 Å². The van der Waals surface area contributed by atoms with Gasteiger partial charge in [-0.2, -0.15) is 0 Å². The highest BCUT2D eigenvalue weighted by Crippen LogP contribution is 2.21. The first-order valence-electron chi connectivity index (χ1n) is 6.72. The van der Waals surface area contributed by atoms with Gasteiger partial charge in [-0.25, -0.2) is 4.79 Å². The molecule has 120 valence electrons. The minimum atomic E-state index is -0.604. The molecule has 0 spiro atoms. The number of benzene rings is 1. The van der Waals surface area contributed by atoms with Crippen molar-refractivity contribution in [2.45, 2.75) is 6.92 Å². The maximum absolute atomic E-state index is 11.8. The zero-order chi connectivity index (χ0) is 17.0. The van der Waals surface area contributed by atoms with Gasteiger partial charge in [-0.05, 0) is 30.7 Å². The molecule has 0 saturated carbocycles. The van der Waals surface area contributed by atoms with Crippen LogP contribution in [0.1, 0.15) is 16.1 Å². The van der Waals surface area contributed by atoms with Crippen LogP contribution in [-0.2, 0) is 16.6 Å². The Morgan fingerprint density at radius 3 is 2.65 bits per heavy atom. The van der Waals surface area contributed by atoms with Crippen molar-refractivity contribution in [3.63, 3.8) is 0 Å². The van der Waals surface area contributed by atoms with E-state index in [4.69, 9.17) is 4.74 Å². The summed E-state index contributed by atoms with van der Waals surface area (Å²) in [5.74, 6) is -1.13. The third kappa shape index (κ3) is 3.94. The van der Waals surface area contributed by atoms with E-state index in [1.165, 1.54) is 18.2 Å². The molecule has 1 amide bonds. The van der Waals surface area contributed by atoms with Crippen LogP contribution in [0.2, 0.25) is 0 Å². The zero-order valence-electron chi connectivity index (χ0n) is 12.6. The third-order valence-electron chi connectivity index (χ3n) is 3.18. The van der Waals surface area contributed by atoms with E-state index in [1.807, 2.05) is 0 Å². The normalized spacial score (nSPS) is 10.2. The number of carbonyl (C=O) groups excluding carboxylic acids is 2. The summed E-state index contributed by atoms with van der Waals surface area (Å²) in [5.41, 5.74) is 1.25. The van der Waals surface area contributed by atoms with Gasteiger partial charge in [0.1, 0.15) is 5.69 Å². The van der Waals surface area contributed by atoms with Gasteiger partial charge in [0.15, 0.2) is 6.61 Å². The van der Waals surface area contributed by atoms with Crippen LogP contribution in [0.5, 0.6) is 0 Å². The molecule has 8 heteroatoms. The lowest BCUT2D eigenvalue weighted by molar-refractivity contribution is -0.384. The van der Waals surface area contributed by atoms with Crippen LogP contribution in [0.25, 0.3) is 0 Å². The fraction of sp³-hybridized carbons (Fsp3) is 0.200. The first kappa shape index (κ1) is 16.2. The molecule has 23 heavy (non-hydrogen) atoms. The van der Waals surface area contributed by atoms with Crippen LogP contribution in [0.4, 0.5) is 11.4 Å².